The Morgan fingerprint density at radius 3 is 2.45 bits per heavy atom. The molecule has 1 unspecified atom stereocenters. The number of carbonyl (C=O) groups is 2. The van der Waals surface area contributed by atoms with Crippen molar-refractivity contribution in [3.63, 3.8) is 0 Å². The molecule has 8 nitrogen and oxygen atoms in total. The van der Waals surface area contributed by atoms with Gasteiger partial charge in [-0.2, -0.15) is 5.26 Å². The lowest BCUT2D eigenvalue weighted by Gasteiger charge is -2.28. The maximum absolute atomic E-state index is 12.8. The number of benzene rings is 2. The van der Waals surface area contributed by atoms with Crippen LogP contribution < -0.4 is 5.73 Å². The van der Waals surface area contributed by atoms with Gasteiger partial charge in [-0.25, -0.2) is 0 Å². The van der Waals surface area contributed by atoms with Crippen LogP contribution in [0.2, 0.25) is 0 Å². The molecule has 29 heavy (non-hydrogen) atoms. The van der Waals surface area contributed by atoms with Crippen LogP contribution in [0.5, 0.6) is 0 Å². The third-order valence-electron chi connectivity index (χ3n) is 4.44. The summed E-state index contributed by atoms with van der Waals surface area (Å²) >= 11 is 1.04. The van der Waals surface area contributed by atoms with E-state index in [9.17, 15) is 19.7 Å². The van der Waals surface area contributed by atoms with Crippen LogP contribution in [0.15, 0.2) is 47.4 Å². The Kier molecular flexibility index (Phi) is 7.33. The number of hydrogen-bond acceptors (Lipinski definition) is 6. The summed E-state index contributed by atoms with van der Waals surface area (Å²) in [6, 6.07) is 12.8. The van der Waals surface area contributed by atoms with E-state index in [1.54, 1.807) is 29.2 Å². The monoisotopic (exact) mass is 412 g/mol. The molecule has 0 aliphatic heterocycles. The topological polar surface area (TPSA) is 130 Å². The highest BCUT2D eigenvalue weighted by molar-refractivity contribution is 8.00. The van der Waals surface area contributed by atoms with Crippen molar-refractivity contribution in [2.75, 3.05) is 12.3 Å². The summed E-state index contributed by atoms with van der Waals surface area (Å²) in [6.07, 6.45) is 0. The molecule has 0 aliphatic rings. The van der Waals surface area contributed by atoms with Crippen LogP contribution in [0, 0.1) is 21.4 Å². The normalized spacial score (nSPS) is 11.3. The second kappa shape index (κ2) is 9.71. The summed E-state index contributed by atoms with van der Waals surface area (Å²) in [7, 11) is 0. The Labute approximate surface area is 172 Å². The summed E-state index contributed by atoms with van der Waals surface area (Å²) in [6.45, 7) is 4.20. The summed E-state index contributed by atoms with van der Waals surface area (Å²) < 4.78 is 0. The Morgan fingerprint density at radius 1 is 1.28 bits per heavy atom. The molecule has 0 saturated heterocycles. The molecule has 2 amide bonds. The minimum atomic E-state index is -0.755. The quantitative estimate of drug-likeness (QED) is 0.402. The number of nitriles is 1. The van der Waals surface area contributed by atoms with Gasteiger partial charge in [0.25, 0.3) is 5.69 Å². The fourth-order valence-corrected chi connectivity index (χ4v) is 3.73. The number of amides is 2. The van der Waals surface area contributed by atoms with Crippen LogP contribution >= 0.6 is 11.8 Å². The van der Waals surface area contributed by atoms with Gasteiger partial charge in [-0.15, -0.1) is 11.8 Å². The van der Waals surface area contributed by atoms with E-state index in [0.29, 0.717) is 12.1 Å². The molecule has 2 N–H and O–H groups in total. The number of nitrogens with zero attached hydrogens (tertiary/aromatic N) is 3. The fraction of sp³-hybridized carbons (Fsp3) is 0.250. The van der Waals surface area contributed by atoms with Crippen LogP contribution in [0.1, 0.15) is 41.4 Å². The largest absolute Gasteiger partial charge is 0.366 e. The minimum absolute atomic E-state index is 0.00518. The van der Waals surface area contributed by atoms with Gasteiger partial charge in [0.15, 0.2) is 0 Å². The number of primary amides is 1. The van der Waals surface area contributed by atoms with Crippen LogP contribution in [-0.2, 0) is 4.79 Å². The van der Waals surface area contributed by atoms with Crippen LogP contribution in [0.25, 0.3) is 0 Å². The van der Waals surface area contributed by atoms with E-state index >= 15 is 0 Å². The summed E-state index contributed by atoms with van der Waals surface area (Å²) in [5.41, 5.74) is 6.38. The highest BCUT2D eigenvalue weighted by Crippen LogP contribution is 2.31. The predicted octanol–water partition coefficient (Wildman–Crippen LogP) is 3.27. The van der Waals surface area contributed by atoms with Crippen molar-refractivity contribution in [1.29, 1.82) is 5.26 Å². The van der Waals surface area contributed by atoms with Crippen LogP contribution in [0.4, 0.5) is 5.69 Å². The standard InChI is InChI=1S/C20H20N4O4S/c1-3-23(13(2)15-6-4-14(11-21)5-7-15)19(25)12-29-18-9-8-16(20(22)26)10-17(18)24(27)28/h4-10,13H,3,12H2,1-2H3,(H2,22,26). The van der Waals surface area contributed by atoms with E-state index < -0.39 is 10.8 Å². The highest BCUT2D eigenvalue weighted by Gasteiger charge is 2.22. The SMILES string of the molecule is CCN(C(=O)CSc1ccc(C(N)=O)cc1[N+](=O)[O-])C(C)c1ccc(C#N)cc1. The zero-order valence-corrected chi connectivity index (χ0v) is 16.8. The molecular formula is C20H20N4O4S. The Hall–Kier alpha value is -3.38. The molecule has 0 heterocycles. The third kappa shape index (κ3) is 5.33. The smallest absolute Gasteiger partial charge is 0.283 e. The van der Waals surface area contributed by atoms with E-state index in [0.717, 1.165) is 23.4 Å². The highest BCUT2D eigenvalue weighted by atomic mass is 32.2. The summed E-state index contributed by atoms with van der Waals surface area (Å²) in [5, 5.41) is 20.2. The molecule has 0 bridgehead atoms. The average molecular weight is 412 g/mol. The first kappa shape index (κ1) is 21.9. The Balaban J connectivity index is 2.14. The molecule has 150 valence electrons. The molecule has 1 atom stereocenters. The molecule has 2 aromatic rings. The molecule has 9 heteroatoms. The van der Waals surface area contributed by atoms with Crippen LogP contribution in [0.3, 0.4) is 0 Å². The van der Waals surface area contributed by atoms with Crippen molar-refractivity contribution in [2.24, 2.45) is 5.73 Å². The zero-order chi connectivity index (χ0) is 21.6. The van der Waals surface area contributed by atoms with E-state index in [-0.39, 0.29) is 33.8 Å². The predicted molar refractivity (Wildman–Crippen MR) is 109 cm³/mol. The third-order valence-corrected chi connectivity index (χ3v) is 5.49. The van der Waals surface area contributed by atoms with Crippen molar-refractivity contribution >= 4 is 29.3 Å². The molecular weight excluding hydrogens is 392 g/mol. The van der Waals surface area contributed by atoms with Crippen molar-refractivity contribution in [3.8, 4) is 6.07 Å². The zero-order valence-electron chi connectivity index (χ0n) is 16.0. The Bertz CT molecular complexity index is 969. The van der Waals surface area contributed by atoms with E-state index in [2.05, 4.69) is 6.07 Å². The molecule has 2 aromatic carbocycles. The number of nitrogens with two attached hydrogens (primary N) is 1. The number of thioether (sulfide) groups is 1. The van der Waals surface area contributed by atoms with Gasteiger partial charge in [0.05, 0.1) is 33.2 Å². The van der Waals surface area contributed by atoms with Gasteiger partial charge in [0.1, 0.15) is 0 Å². The molecule has 0 aliphatic carbocycles. The lowest BCUT2D eigenvalue weighted by Crippen LogP contribution is -2.34. The molecule has 0 saturated carbocycles. The van der Waals surface area contributed by atoms with Crippen molar-refractivity contribution in [1.82, 2.24) is 4.90 Å². The van der Waals surface area contributed by atoms with Gasteiger partial charge in [-0.05, 0) is 43.7 Å². The molecule has 0 spiro atoms. The lowest BCUT2D eigenvalue weighted by atomic mass is 10.1. The van der Waals surface area contributed by atoms with Gasteiger partial charge < -0.3 is 10.6 Å². The van der Waals surface area contributed by atoms with Crippen molar-refractivity contribution in [2.45, 2.75) is 24.8 Å². The number of nitro groups is 1. The lowest BCUT2D eigenvalue weighted by molar-refractivity contribution is -0.387. The second-order valence-corrected chi connectivity index (χ2v) is 7.20. The van der Waals surface area contributed by atoms with E-state index in [1.165, 1.54) is 12.1 Å². The fourth-order valence-electron chi connectivity index (χ4n) is 2.84. The van der Waals surface area contributed by atoms with Gasteiger partial charge in [-0.1, -0.05) is 12.1 Å². The number of carbonyl (C=O) groups excluding carboxylic acids is 2. The van der Waals surface area contributed by atoms with Crippen LogP contribution in [-0.4, -0.2) is 33.9 Å². The van der Waals surface area contributed by atoms with Gasteiger partial charge in [0.2, 0.25) is 11.8 Å². The van der Waals surface area contributed by atoms with Gasteiger partial charge in [-0.3, -0.25) is 19.7 Å². The Morgan fingerprint density at radius 2 is 1.93 bits per heavy atom. The van der Waals surface area contributed by atoms with Crippen molar-refractivity contribution in [3.05, 3.63) is 69.3 Å². The molecule has 0 radical (unpaired) electrons. The summed E-state index contributed by atoms with van der Waals surface area (Å²) in [4.78, 5) is 36.6. The first-order chi connectivity index (χ1) is 13.8. The van der Waals surface area contributed by atoms with E-state index in [1.807, 2.05) is 13.8 Å². The van der Waals surface area contributed by atoms with Crippen molar-refractivity contribution < 1.29 is 14.5 Å². The van der Waals surface area contributed by atoms with Gasteiger partial charge >= 0.3 is 0 Å². The molecule has 0 aromatic heterocycles. The maximum Gasteiger partial charge on any atom is 0.283 e. The number of hydrogen-bond donors (Lipinski definition) is 1. The first-order valence-corrected chi connectivity index (χ1v) is 9.77. The maximum atomic E-state index is 12.8. The second-order valence-electron chi connectivity index (χ2n) is 6.18. The molecule has 0 fully saturated rings. The number of nitro benzene ring substituents is 1. The number of rotatable bonds is 8. The average Bonchev–Trinajstić information content (AvgIpc) is 2.72. The minimum Gasteiger partial charge on any atom is -0.366 e. The first-order valence-electron chi connectivity index (χ1n) is 8.79. The summed E-state index contributed by atoms with van der Waals surface area (Å²) in [5.74, 6) is -0.928. The molecule has 2 rings (SSSR count). The van der Waals surface area contributed by atoms with Gasteiger partial charge in [0, 0.05) is 18.2 Å². The van der Waals surface area contributed by atoms with E-state index in [4.69, 9.17) is 11.0 Å².